The number of alkyl halides is 3. The number of pyridine rings is 1. The molecule has 0 atom stereocenters. The molecular weight excluding hydrogens is 437 g/mol. The Morgan fingerprint density at radius 1 is 1.03 bits per heavy atom. The lowest BCUT2D eigenvalue weighted by Gasteiger charge is -2.12. The molecule has 0 bridgehead atoms. The van der Waals surface area contributed by atoms with Gasteiger partial charge in [0, 0.05) is 27.6 Å². The van der Waals surface area contributed by atoms with Crippen LogP contribution in [0.3, 0.4) is 0 Å². The molecule has 4 aromatic rings. The summed E-state index contributed by atoms with van der Waals surface area (Å²) < 4.78 is 44.7. The van der Waals surface area contributed by atoms with Crippen LogP contribution in [0.1, 0.15) is 29.1 Å². The molecule has 0 spiro atoms. The van der Waals surface area contributed by atoms with Gasteiger partial charge in [-0.05, 0) is 62.4 Å². The zero-order chi connectivity index (χ0) is 22.9. The van der Waals surface area contributed by atoms with Crippen molar-refractivity contribution >= 4 is 33.8 Å². The van der Waals surface area contributed by atoms with E-state index < -0.39 is 11.1 Å². The lowest BCUT2D eigenvalue weighted by Crippen LogP contribution is -2.12. The lowest BCUT2D eigenvalue weighted by molar-refractivity contribution is -0.134. The molecule has 0 fully saturated rings. The van der Waals surface area contributed by atoms with Gasteiger partial charge in [0.15, 0.2) is 0 Å². The van der Waals surface area contributed by atoms with Gasteiger partial charge in [-0.2, -0.15) is 13.2 Å². The van der Waals surface area contributed by atoms with E-state index in [0.29, 0.717) is 49.7 Å². The molecule has 0 aliphatic rings. The minimum atomic E-state index is -4.39. The molecule has 1 amide bonds. The van der Waals surface area contributed by atoms with Crippen molar-refractivity contribution in [3.8, 4) is 16.2 Å². The van der Waals surface area contributed by atoms with Crippen LogP contribution in [-0.4, -0.2) is 17.0 Å². The molecule has 8 heteroatoms. The number of carbonyl (C=O) groups is 1. The molecule has 0 aliphatic heterocycles. The fourth-order valence-corrected chi connectivity index (χ4v) is 4.19. The number of aromatic nitrogens is 1. The molecule has 2 aromatic heterocycles. The van der Waals surface area contributed by atoms with Gasteiger partial charge < -0.3 is 10.1 Å². The van der Waals surface area contributed by atoms with Crippen LogP contribution < -0.4 is 10.1 Å². The van der Waals surface area contributed by atoms with Crippen molar-refractivity contribution in [3.05, 3.63) is 77.3 Å². The summed E-state index contributed by atoms with van der Waals surface area (Å²) in [6, 6.07) is 16.2. The SMILES string of the molecule is CC(C)Oc1ccc(C(=O)Nc2cccc3c(-c4ccc(C(F)(F)F)s4)ccnc23)cc1. The topological polar surface area (TPSA) is 51.2 Å². The first kappa shape index (κ1) is 21.8. The van der Waals surface area contributed by atoms with Crippen LogP contribution in [0.25, 0.3) is 21.3 Å². The first-order chi connectivity index (χ1) is 15.2. The minimum Gasteiger partial charge on any atom is -0.491 e. The number of ether oxygens (including phenoxy) is 1. The largest absolute Gasteiger partial charge is 0.491 e. The zero-order valence-electron chi connectivity index (χ0n) is 17.2. The number of anilines is 1. The van der Waals surface area contributed by atoms with Gasteiger partial charge in [-0.25, -0.2) is 0 Å². The van der Waals surface area contributed by atoms with Crippen molar-refractivity contribution < 1.29 is 22.7 Å². The van der Waals surface area contributed by atoms with Gasteiger partial charge in [-0.3, -0.25) is 9.78 Å². The van der Waals surface area contributed by atoms with Gasteiger partial charge in [0.05, 0.1) is 17.3 Å². The van der Waals surface area contributed by atoms with Gasteiger partial charge >= 0.3 is 6.18 Å². The summed E-state index contributed by atoms with van der Waals surface area (Å²) in [5.74, 6) is 0.346. The molecule has 2 heterocycles. The van der Waals surface area contributed by atoms with Crippen molar-refractivity contribution in [2.45, 2.75) is 26.1 Å². The second kappa shape index (κ2) is 8.63. The van der Waals surface area contributed by atoms with E-state index in [1.807, 2.05) is 13.8 Å². The summed E-state index contributed by atoms with van der Waals surface area (Å²) in [7, 11) is 0. The third-order valence-corrected chi connectivity index (χ3v) is 5.82. The second-order valence-electron chi connectivity index (χ2n) is 7.37. The number of rotatable bonds is 5. The maximum absolute atomic E-state index is 13.0. The Balaban J connectivity index is 1.64. The average Bonchev–Trinajstić information content (AvgIpc) is 3.24. The lowest BCUT2D eigenvalue weighted by atomic mass is 10.1. The summed E-state index contributed by atoms with van der Waals surface area (Å²) in [4.78, 5) is 16.9. The molecule has 0 radical (unpaired) electrons. The highest BCUT2D eigenvalue weighted by molar-refractivity contribution is 7.15. The molecule has 0 saturated carbocycles. The van der Waals surface area contributed by atoms with Gasteiger partial charge in [-0.15, -0.1) is 11.3 Å². The van der Waals surface area contributed by atoms with E-state index in [1.165, 1.54) is 12.3 Å². The van der Waals surface area contributed by atoms with Crippen molar-refractivity contribution in [1.82, 2.24) is 4.98 Å². The third kappa shape index (κ3) is 4.60. The standard InChI is InChI=1S/C24H19F3N2O2S/c1-14(2)31-16-8-6-15(7-9-16)23(30)29-19-5-3-4-18-17(12-13-28-22(18)19)20-10-11-21(32-20)24(25,26)27/h3-14H,1-2H3,(H,29,30). The highest BCUT2D eigenvalue weighted by Crippen LogP contribution is 2.40. The Kier molecular flexibility index (Phi) is 5.88. The minimum absolute atomic E-state index is 0.0289. The third-order valence-electron chi connectivity index (χ3n) is 4.66. The van der Waals surface area contributed by atoms with Gasteiger partial charge in [0.1, 0.15) is 10.6 Å². The molecule has 4 rings (SSSR count). The number of hydrogen-bond donors (Lipinski definition) is 1. The van der Waals surface area contributed by atoms with Gasteiger partial charge in [0.25, 0.3) is 5.91 Å². The Morgan fingerprint density at radius 2 is 1.78 bits per heavy atom. The summed E-state index contributed by atoms with van der Waals surface area (Å²) in [6.07, 6.45) is -2.83. The molecule has 2 aromatic carbocycles. The highest BCUT2D eigenvalue weighted by Gasteiger charge is 2.32. The molecule has 0 saturated heterocycles. The van der Waals surface area contributed by atoms with Crippen LogP contribution in [-0.2, 0) is 6.18 Å². The van der Waals surface area contributed by atoms with Crippen LogP contribution in [0.15, 0.2) is 66.9 Å². The highest BCUT2D eigenvalue weighted by atomic mass is 32.1. The number of carbonyl (C=O) groups excluding carboxylic acids is 1. The number of nitrogens with one attached hydrogen (secondary N) is 1. The van der Waals surface area contributed by atoms with E-state index >= 15 is 0 Å². The van der Waals surface area contributed by atoms with Crippen molar-refractivity contribution in [2.24, 2.45) is 0 Å². The maximum atomic E-state index is 13.0. The van der Waals surface area contributed by atoms with Crippen molar-refractivity contribution in [1.29, 1.82) is 0 Å². The normalized spacial score (nSPS) is 11.7. The molecule has 0 unspecified atom stereocenters. The van der Waals surface area contributed by atoms with E-state index in [0.717, 1.165) is 6.07 Å². The summed E-state index contributed by atoms with van der Waals surface area (Å²) in [5, 5.41) is 3.50. The van der Waals surface area contributed by atoms with Crippen LogP contribution in [0, 0.1) is 0 Å². The average molecular weight is 456 g/mol. The van der Waals surface area contributed by atoms with E-state index in [1.54, 1.807) is 48.5 Å². The fraction of sp³-hybridized carbons (Fsp3) is 0.167. The molecule has 1 N–H and O–H groups in total. The predicted octanol–water partition coefficient (Wildman–Crippen LogP) is 7.02. The predicted molar refractivity (Wildman–Crippen MR) is 120 cm³/mol. The van der Waals surface area contributed by atoms with E-state index in [9.17, 15) is 18.0 Å². The first-order valence-corrected chi connectivity index (χ1v) is 10.7. The zero-order valence-corrected chi connectivity index (χ0v) is 18.1. The van der Waals surface area contributed by atoms with E-state index in [4.69, 9.17) is 4.74 Å². The number of hydrogen-bond acceptors (Lipinski definition) is 4. The number of para-hydroxylation sites is 1. The van der Waals surface area contributed by atoms with E-state index in [2.05, 4.69) is 10.3 Å². The van der Waals surface area contributed by atoms with E-state index in [-0.39, 0.29) is 12.0 Å². The van der Waals surface area contributed by atoms with Crippen LogP contribution in [0.4, 0.5) is 18.9 Å². The summed E-state index contributed by atoms with van der Waals surface area (Å²) in [6.45, 7) is 3.84. The number of nitrogens with zero attached hydrogens (tertiary/aromatic N) is 1. The smallest absolute Gasteiger partial charge is 0.425 e. The Bertz CT molecular complexity index is 1260. The number of amides is 1. The second-order valence-corrected chi connectivity index (χ2v) is 8.45. The number of fused-ring (bicyclic) bond motifs is 1. The first-order valence-electron chi connectivity index (χ1n) is 9.85. The number of benzene rings is 2. The number of thiophene rings is 1. The quantitative estimate of drug-likeness (QED) is 0.351. The van der Waals surface area contributed by atoms with Gasteiger partial charge in [-0.1, -0.05) is 12.1 Å². The van der Waals surface area contributed by atoms with Crippen LogP contribution in [0.5, 0.6) is 5.75 Å². The Labute approximate surface area is 186 Å². The Hall–Kier alpha value is -3.39. The molecule has 32 heavy (non-hydrogen) atoms. The monoisotopic (exact) mass is 456 g/mol. The summed E-state index contributed by atoms with van der Waals surface area (Å²) in [5.41, 5.74) is 2.05. The van der Waals surface area contributed by atoms with Crippen molar-refractivity contribution in [2.75, 3.05) is 5.32 Å². The maximum Gasteiger partial charge on any atom is 0.425 e. The molecular formula is C24H19F3N2O2S. The molecule has 164 valence electrons. The van der Waals surface area contributed by atoms with Crippen LogP contribution >= 0.6 is 11.3 Å². The van der Waals surface area contributed by atoms with Crippen LogP contribution in [0.2, 0.25) is 0 Å². The molecule has 4 nitrogen and oxygen atoms in total. The number of halogens is 3. The van der Waals surface area contributed by atoms with Crippen molar-refractivity contribution in [3.63, 3.8) is 0 Å². The molecule has 0 aliphatic carbocycles. The Morgan fingerprint density at radius 3 is 2.44 bits per heavy atom. The fourth-order valence-electron chi connectivity index (χ4n) is 3.28. The summed E-state index contributed by atoms with van der Waals surface area (Å²) >= 11 is 0.678. The van der Waals surface area contributed by atoms with Gasteiger partial charge in [0.2, 0.25) is 0 Å².